The Labute approximate surface area is 217 Å². The molecule has 2 aromatic rings. The van der Waals surface area contributed by atoms with Crippen LogP contribution in [0, 0.1) is 5.92 Å². The van der Waals surface area contributed by atoms with Crippen molar-refractivity contribution in [1.82, 2.24) is 14.8 Å². The van der Waals surface area contributed by atoms with E-state index >= 15 is 0 Å². The highest BCUT2D eigenvalue weighted by molar-refractivity contribution is 7.92. The van der Waals surface area contributed by atoms with Gasteiger partial charge in [-0.3, -0.25) is 9.59 Å². The third-order valence-corrected chi connectivity index (χ3v) is 8.21. The van der Waals surface area contributed by atoms with Gasteiger partial charge >= 0.3 is 11.5 Å². The van der Waals surface area contributed by atoms with Crippen molar-refractivity contribution in [3.63, 3.8) is 0 Å². The molecule has 0 aliphatic carbocycles. The molecule has 2 fully saturated rings. The van der Waals surface area contributed by atoms with Gasteiger partial charge in [0.2, 0.25) is 5.91 Å². The van der Waals surface area contributed by atoms with Crippen LogP contribution in [0.3, 0.4) is 0 Å². The monoisotopic (exact) mass is 553 g/mol. The minimum Gasteiger partial charge on any atom is -0.310 e. The molecule has 1 aromatic heterocycles. The molecule has 2 aliphatic rings. The van der Waals surface area contributed by atoms with Gasteiger partial charge in [-0.05, 0) is 81.9 Å². The number of anilines is 2. The molecule has 1 unspecified atom stereocenters. The van der Waals surface area contributed by atoms with Gasteiger partial charge in [0.25, 0.3) is 15.7 Å². The van der Waals surface area contributed by atoms with E-state index in [-0.39, 0.29) is 24.1 Å². The zero-order valence-corrected chi connectivity index (χ0v) is 21.4. The van der Waals surface area contributed by atoms with Gasteiger partial charge in [0.1, 0.15) is 11.9 Å². The summed E-state index contributed by atoms with van der Waals surface area (Å²) < 4.78 is 61.7. The van der Waals surface area contributed by atoms with E-state index < -0.39 is 38.2 Å². The standard InChI is InChI=1S/C24H26F3N5O5S/c1-15-22(34)32(18-3-5-19(6-4-18)38(36,37)24(25,26)27)23(35)31(15)14-16-7-10-28-20(13-16)29-21(33)17-8-11-30(2)12-9-17/h3-7,10,13,15,17H,8-9,11-12,14H2,1-2H3,(H,28,29,33). The van der Waals surface area contributed by atoms with Gasteiger partial charge in [0.15, 0.2) is 0 Å². The summed E-state index contributed by atoms with van der Waals surface area (Å²) in [4.78, 5) is 46.0. The molecule has 1 aromatic carbocycles. The lowest BCUT2D eigenvalue weighted by Crippen LogP contribution is -2.36. The minimum atomic E-state index is -5.57. The lowest BCUT2D eigenvalue weighted by Gasteiger charge is -2.28. The average Bonchev–Trinajstić information content (AvgIpc) is 3.07. The molecule has 4 rings (SSSR count). The number of imide groups is 1. The molecular weight excluding hydrogens is 527 g/mol. The number of alkyl halides is 3. The molecule has 3 heterocycles. The van der Waals surface area contributed by atoms with Crippen molar-refractivity contribution < 1.29 is 36.0 Å². The van der Waals surface area contributed by atoms with Crippen molar-refractivity contribution in [2.24, 2.45) is 5.92 Å². The first kappa shape index (κ1) is 27.5. The fraction of sp³-hybridized carbons (Fsp3) is 0.417. The number of benzene rings is 1. The number of piperidine rings is 1. The van der Waals surface area contributed by atoms with E-state index in [0.29, 0.717) is 23.5 Å². The summed E-state index contributed by atoms with van der Waals surface area (Å²) in [7, 11) is -3.57. The maximum atomic E-state index is 13.1. The van der Waals surface area contributed by atoms with E-state index in [0.717, 1.165) is 43.0 Å². The fourth-order valence-electron chi connectivity index (χ4n) is 4.40. The number of halogens is 3. The van der Waals surface area contributed by atoms with E-state index in [9.17, 15) is 36.0 Å². The summed E-state index contributed by atoms with van der Waals surface area (Å²) in [5.74, 6) is -0.562. The highest BCUT2D eigenvalue weighted by Gasteiger charge is 2.47. The van der Waals surface area contributed by atoms with E-state index in [1.807, 2.05) is 7.05 Å². The first-order chi connectivity index (χ1) is 17.8. The third kappa shape index (κ3) is 5.36. The third-order valence-electron chi connectivity index (χ3n) is 6.71. The molecule has 1 N–H and O–H groups in total. The number of rotatable bonds is 6. The van der Waals surface area contributed by atoms with Crippen molar-refractivity contribution in [3.05, 3.63) is 48.2 Å². The minimum absolute atomic E-state index is 0.00237. The van der Waals surface area contributed by atoms with Gasteiger partial charge in [-0.2, -0.15) is 13.2 Å². The maximum absolute atomic E-state index is 13.1. The van der Waals surface area contributed by atoms with Crippen LogP contribution < -0.4 is 10.2 Å². The van der Waals surface area contributed by atoms with Gasteiger partial charge in [-0.1, -0.05) is 0 Å². The topological polar surface area (TPSA) is 120 Å². The number of carbonyl (C=O) groups excluding carboxylic acids is 3. The molecule has 38 heavy (non-hydrogen) atoms. The number of nitrogens with zero attached hydrogens (tertiary/aromatic N) is 4. The van der Waals surface area contributed by atoms with Gasteiger partial charge < -0.3 is 15.1 Å². The number of urea groups is 1. The smallest absolute Gasteiger partial charge is 0.310 e. The number of carbonyl (C=O) groups is 3. The highest BCUT2D eigenvalue weighted by Crippen LogP contribution is 2.33. The molecular formula is C24H26F3N5O5S. The number of hydrogen-bond acceptors (Lipinski definition) is 7. The van der Waals surface area contributed by atoms with Crippen molar-refractivity contribution >= 4 is 39.2 Å². The van der Waals surface area contributed by atoms with Crippen LogP contribution >= 0.6 is 0 Å². The number of pyridine rings is 1. The van der Waals surface area contributed by atoms with Crippen LogP contribution in [0.15, 0.2) is 47.5 Å². The molecule has 2 saturated heterocycles. The van der Waals surface area contributed by atoms with Crippen LogP contribution in [-0.4, -0.2) is 72.7 Å². The van der Waals surface area contributed by atoms with Crippen LogP contribution in [0.5, 0.6) is 0 Å². The molecule has 2 aliphatic heterocycles. The van der Waals surface area contributed by atoms with Gasteiger partial charge in [-0.25, -0.2) is 23.1 Å². The summed E-state index contributed by atoms with van der Waals surface area (Å²) in [6.45, 7) is 3.16. The van der Waals surface area contributed by atoms with E-state index in [1.54, 1.807) is 12.1 Å². The number of amides is 4. The Balaban J connectivity index is 1.47. The molecule has 10 nitrogen and oxygen atoms in total. The molecule has 0 bridgehead atoms. The van der Waals surface area contributed by atoms with Crippen molar-refractivity contribution in [2.75, 3.05) is 30.4 Å². The maximum Gasteiger partial charge on any atom is 0.501 e. The van der Waals surface area contributed by atoms with Gasteiger partial charge in [-0.15, -0.1) is 0 Å². The van der Waals surface area contributed by atoms with E-state index in [2.05, 4.69) is 15.2 Å². The van der Waals surface area contributed by atoms with Gasteiger partial charge in [0.05, 0.1) is 10.6 Å². The Morgan fingerprint density at radius 2 is 1.74 bits per heavy atom. The van der Waals surface area contributed by atoms with Crippen molar-refractivity contribution in [3.8, 4) is 0 Å². The second kappa shape index (κ2) is 10.3. The first-order valence-electron chi connectivity index (χ1n) is 11.8. The SMILES string of the molecule is CC1C(=O)N(c2ccc(S(=O)(=O)C(F)(F)F)cc2)C(=O)N1Cc1ccnc(NC(=O)C2CCN(C)CC2)c1. The quantitative estimate of drug-likeness (QED) is 0.546. The van der Waals surface area contributed by atoms with Crippen LogP contribution in [0.2, 0.25) is 0 Å². The molecule has 14 heteroatoms. The second-order valence-electron chi connectivity index (χ2n) is 9.32. The van der Waals surface area contributed by atoms with Gasteiger partial charge in [0, 0.05) is 18.7 Å². The second-order valence-corrected chi connectivity index (χ2v) is 11.3. The van der Waals surface area contributed by atoms with Crippen molar-refractivity contribution in [2.45, 2.75) is 42.8 Å². The fourth-order valence-corrected chi connectivity index (χ4v) is 5.16. The lowest BCUT2D eigenvalue weighted by atomic mass is 9.96. The Morgan fingerprint density at radius 1 is 1.11 bits per heavy atom. The summed E-state index contributed by atoms with van der Waals surface area (Å²) in [6.07, 6.45) is 2.95. The van der Waals surface area contributed by atoms with Crippen LogP contribution in [0.4, 0.5) is 29.5 Å². The number of likely N-dealkylation sites (tertiary alicyclic amines) is 1. The predicted octanol–water partition coefficient (Wildman–Crippen LogP) is 3.01. The lowest BCUT2D eigenvalue weighted by molar-refractivity contribution is -0.121. The highest BCUT2D eigenvalue weighted by atomic mass is 32.2. The van der Waals surface area contributed by atoms with E-state index in [4.69, 9.17) is 0 Å². The molecule has 0 saturated carbocycles. The molecule has 1 atom stereocenters. The number of hydrogen-bond donors (Lipinski definition) is 1. The van der Waals surface area contributed by atoms with Crippen LogP contribution in [-0.2, 0) is 26.0 Å². The summed E-state index contributed by atoms with van der Waals surface area (Å²) >= 11 is 0. The summed E-state index contributed by atoms with van der Waals surface area (Å²) in [5.41, 5.74) is -4.94. The molecule has 4 amide bonds. The summed E-state index contributed by atoms with van der Waals surface area (Å²) in [5, 5.41) is 2.81. The zero-order valence-electron chi connectivity index (χ0n) is 20.6. The Bertz CT molecular complexity index is 1340. The molecule has 0 spiro atoms. The van der Waals surface area contributed by atoms with Crippen molar-refractivity contribution in [1.29, 1.82) is 0 Å². The summed E-state index contributed by atoms with van der Waals surface area (Å²) in [6, 6.07) is 4.99. The Morgan fingerprint density at radius 3 is 2.34 bits per heavy atom. The molecule has 0 radical (unpaired) electrons. The Kier molecular flexibility index (Phi) is 7.48. The predicted molar refractivity (Wildman–Crippen MR) is 131 cm³/mol. The largest absolute Gasteiger partial charge is 0.501 e. The number of aromatic nitrogens is 1. The number of sulfone groups is 1. The normalized spacial score (nSPS) is 19.8. The zero-order chi connectivity index (χ0) is 27.8. The van der Waals surface area contributed by atoms with E-state index in [1.165, 1.54) is 18.0 Å². The Hall–Kier alpha value is -3.52. The number of nitrogens with one attached hydrogen (secondary N) is 1. The first-order valence-corrected chi connectivity index (χ1v) is 13.3. The van der Waals surface area contributed by atoms with Crippen LogP contribution in [0.1, 0.15) is 25.3 Å². The molecule has 204 valence electrons. The van der Waals surface area contributed by atoms with Crippen LogP contribution in [0.25, 0.3) is 0 Å². The average molecular weight is 554 g/mol.